The summed E-state index contributed by atoms with van der Waals surface area (Å²) in [5.41, 5.74) is 4.83. The third kappa shape index (κ3) is 3.38. The minimum Gasteiger partial charge on any atom is -0.327 e. The molecule has 1 aliphatic heterocycles. The molecule has 6 nitrogen and oxygen atoms in total. The van der Waals surface area contributed by atoms with Crippen LogP contribution < -0.4 is 5.43 Å². The van der Waals surface area contributed by atoms with E-state index in [1.165, 1.54) is 6.07 Å². The lowest BCUT2D eigenvalue weighted by Gasteiger charge is -2.24. The number of aromatic nitrogens is 2. The molecule has 1 aromatic heterocycles. The van der Waals surface area contributed by atoms with Gasteiger partial charge in [-0.15, -0.1) is 0 Å². The number of benzene rings is 2. The Morgan fingerprint density at radius 3 is 2.74 bits per heavy atom. The molecule has 138 valence electrons. The van der Waals surface area contributed by atoms with Crippen molar-refractivity contribution in [2.75, 3.05) is 12.0 Å². The van der Waals surface area contributed by atoms with Crippen LogP contribution in [0, 0.1) is 0 Å². The zero-order chi connectivity index (χ0) is 19.0. The minimum absolute atomic E-state index is 0.235. The third-order valence-electron chi connectivity index (χ3n) is 4.67. The van der Waals surface area contributed by atoms with Gasteiger partial charge in [-0.25, -0.2) is 9.66 Å². The SMILES string of the molecule is O=C(Nn1cnc2ccccc21)[C@@H]1CCCN1C(=O)c1ccc(Cl)c(Cl)c1. The molecule has 4 rings (SSSR count). The number of hydrogen-bond acceptors (Lipinski definition) is 3. The highest BCUT2D eigenvalue weighted by Gasteiger charge is 2.35. The molecule has 2 heterocycles. The quantitative estimate of drug-likeness (QED) is 0.725. The highest BCUT2D eigenvalue weighted by atomic mass is 35.5. The first-order chi connectivity index (χ1) is 13.0. The van der Waals surface area contributed by atoms with Crippen molar-refractivity contribution in [1.82, 2.24) is 14.6 Å². The second kappa shape index (κ2) is 7.21. The number of hydrogen-bond donors (Lipinski definition) is 1. The standard InChI is InChI=1S/C19H16Cl2N4O2/c20-13-8-7-12(10-14(13)21)19(27)24-9-3-6-17(24)18(26)23-25-11-22-15-4-1-2-5-16(15)25/h1-2,4-5,7-8,10-11,17H,3,6,9H2,(H,23,26)/t17-/m0/s1. The first-order valence-electron chi connectivity index (χ1n) is 8.53. The zero-order valence-electron chi connectivity index (χ0n) is 14.2. The maximum Gasteiger partial charge on any atom is 0.261 e. The van der Waals surface area contributed by atoms with Crippen molar-refractivity contribution in [1.29, 1.82) is 0 Å². The molecule has 1 aliphatic rings. The first-order valence-corrected chi connectivity index (χ1v) is 9.29. The number of likely N-dealkylation sites (tertiary alicyclic amines) is 1. The Hall–Kier alpha value is -2.57. The smallest absolute Gasteiger partial charge is 0.261 e. The lowest BCUT2D eigenvalue weighted by molar-refractivity contribution is -0.120. The average Bonchev–Trinajstić information content (AvgIpc) is 3.31. The Bertz CT molecular complexity index is 1030. The van der Waals surface area contributed by atoms with Crippen LogP contribution in [0.4, 0.5) is 0 Å². The number of halogens is 2. The molecule has 27 heavy (non-hydrogen) atoms. The normalized spacial score (nSPS) is 16.7. The average molecular weight is 403 g/mol. The Kier molecular flexibility index (Phi) is 4.76. The molecule has 2 amide bonds. The number of para-hydroxylation sites is 2. The summed E-state index contributed by atoms with van der Waals surface area (Å²) in [6.45, 7) is 0.516. The second-order valence-electron chi connectivity index (χ2n) is 6.36. The van der Waals surface area contributed by atoms with Crippen molar-refractivity contribution in [2.45, 2.75) is 18.9 Å². The molecule has 0 spiro atoms. The summed E-state index contributed by atoms with van der Waals surface area (Å²) in [6.07, 6.45) is 2.92. The molecule has 0 aliphatic carbocycles. The van der Waals surface area contributed by atoms with Crippen molar-refractivity contribution in [3.05, 3.63) is 64.4 Å². The van der Waals surface area contributed by atoms with Crippen LogP contribution in [0.5, 0.6) is 0 Å². The summed E-state index contributed by atoms with van der Waals surface area (Å²) in [7, 11) is 0. The minimum atomic E-state index is -0.548. The lowest BCUT2D eigenvalue weighted by atomic mass is 10.1. The molecule has 8 heteroatoms. The molecule has 0 radical (unpaired) electrons. The summed E-state index contributed by atoms with van der Waals surface area (Å²) >= 11 is 11.9. The van der Waals surface area contributed by atoms with E-state index in [0.717, 1.165) is 17.5 Å². The Morgan fingerprint density at radius 1 is 1.11 bits per heavy atom. The number of carbonyl (C=O) groups excluding carboxylic acids is 2. The Morgan fingerprint density at radius 2 is 1.93 bits per heavy atom. The van der Waals surface area contributed by atoms with Gasteiger partial charge in [-0.2, -0.15) is 0 Å². The second-order valence-corrected chi connectivity index (χ2v) is 7.18. The van der Waals surface area contributed by atoms with Gasteiger partial charge in [0.1, 0.15) is 12.4 Å². The summed E-state index contributed by atoms with van der Waals surface area (Å²) in [4.78, 5) is 31.5. The fourth-order valence-electron chi connectivity index (χ4n) is 3.32. The number of nitrogens with zero attached hydrogens (tertiary/aromatic N) is 3. The molecule has 0 bridgehead atoms. The van der Waals surface area contributed by atoms with Crippen LogP contribution in [0.2, 0.25) is 10.0 Å². The van der Waals surface area contributed by atoms with E-state index in [0.29, 0.717) is 28.6 Å². The van der Waals surface area contributed by atoms with Crippen LogP contribution in [0.15, 0.2) is 48.8 Å². The maximum atomic E-state index is 12.9. The first kappa shape index (κ1) is 17.8. The number of carbonyl (C=O) groups is 2. The highest BCUT2D eigenvalue weighted by Crippen LogP contribution is 2.26. The van der Waals surface area contributed by atoms with Crippen LogP contribution in [0.3, 0.4) is 0 Å². The molecular formula is C19H16Cl2N4O2. The van der Waals surface area contributed by atoms with Crippen molar-refractivity contribution in [2.24, 2.45) is 0 Å². The van der Waals surface area contributed by atoms with E-state index >= 15 is 0 Å². The Balaban J connectivity index is 1.54. The highest BCUT2D eigenvalue weighted by molar-refractivity contribution is 6.42. The van der Waals surface area contributed by atoms with Crippen molar-refractivity contribution in [3.8, 4) is 0 Å². The summed E-state index contributed by atoms with van der Waals surface area (Å²) in [5, 5.41) is 0.698. The molecule has 2 aromatic carbocycles. The van der Waals surface area contributed by atoms with Crippen LogP contribution in [-0.4, -0.2) is 39.0 Å². The fraction of sp³-hybridized carbons (Fsp3) is 0.211. The predicted octanol–water partition coefficient (Wildman–Crippen LogP) is 3.72. The van der Waals surface area contributed by atoms with Crippen molar-refractivity contribution in [3.63, 3.8) is 0 Å². The topological polar surface area (TPSA) is 67.2 Å². The van der Waals surface area contributed by atoms with E-state index in [2.05, 4.69) is 10.4 Å². The van der Waals surface area contributed by atoms with E-state index in [4.69, 9.17) is 23.2 Å². The van der Waals surface area contributed by atoms with E-state index in [9.17, 15) is 9.59 Å². The number of rotatable bonds is 3. The summed E-state index contributed by atoms with van der Waals surface area (Å²) in [6, 6.07) is 11.7. The van der Waals surface area contributed by atoms with Gasteiger partial charge in [-0.05, 0) is 43.2 Å². The van der Waals surface area contributed by atoms with Crippen LogP contribution in [-0.2, 0) is 4.79 Å². The zero-order valence-corrected chi connectivity index (χ0v) is 15.7. The fourth-order valence-corrected chi connectivity index (χ4v) is 3.62. The maximum absolute atomic E-state index is 12.9. The molecule has 1 atom stereocenters. The molecule has 1 fully saturated rings. The molecule has 1 saturated heterocycles. The number of fused-ring (bicyclic) bond motifs is 1. The molecule has 1 N–H and O–H groups in total. The van der Waals surface area contributed by atoms with Crippen LogP contribution >= 0.6 is 23.2 Å². The van der Waals surface area contributed by atoms with E-state index in [1.54, 1.807) is 28.0 Å². The largest absolute Gasteiger partial charge is 0.327 e. The van der Waals surface area contributed by atoms with Crippen LogP contribution in [0.1, 0.15) is 23.2 Å². The summed E-state index contributed by atoms with van der Waals surface area (Å²) < 4.78 is 1.58. The van der Waals surface area contributed by atoms with Gasteiger partial charge in [-0.3, -0.25) is 15.0 Å². The number of amides is 2. The lowest BCUT2D eigenvalue weighted by Crippen LogP contribution is -2.45. The van der Waals surface area contributed by atoms with Crippen LogP contribution in [0.25, 0.3) is 11.0 Å². The number of nitrogens with one attached hydrogen (secondary N) is 1. The Labute approximate surface area is 165 Å². The van der Waals surface area contributed by atoms with Crippen molar-refractivity contribution < 1.29 is 9.59 Å². The monoisotopic (exact) mass is 402 g/mol. The van der Waals surface area contributed by atoms with Gasteiger partial charge in [0.2, 0.25) is 0 Å². The predicted molar refractivity (Wildman–Crippen MR) is 105 cm³/mol. The van der Waals surface area contributed by atoms with E-state index in [-0.39, 0.29) is 11.8 Å². The van der Waals surface area contributed by atoms with Gasteiger partial charge in [0.15, 0.2) is 0 Å². The van der Waals surface area contributed by atoms with Gasteiger partial charge < -0.3 is 4.90 Å². The van der Waals surface area contributed by atoms with Gasteiger partial charge >= 0.3 is 0 Å². The van der Waals surface area contributed by atoms with E-state index < -0.39 is 6.04 Å². The van der Waals surface area contributed by atoms with Crippen molar-refractivity contribution >= 4 is 46.0 Å². The summed E-state index contributed by atoms with van der Waals surface area (Å²) in [5.74, 6) is -0.481. The molecular weight excluding hydrogens is 387 g/mol. The van der Waals surface area contributed by atoms with Gasteiger partial charge in [0.25, 0.3) is 11.8 Å². The van der Waals surface area contributed by atoms with Gasteiger partial charge in [0, 0.05) is 12.1 Å². The van der Waals surface area contributed by atoms with E-state index in [1.807, 2.05) is 24.3 Å². The molecule has 0 saturated carbocycles. The van der Waals surface area contributed by atoms with Gasteiger partial charge in [0.05, 0.1) is 21.1 Å². The molecule has 0 unspecified atom stereocenters. The van der Waals surface area contributed by atoms with Gasteiger partial charge in [-0.1, -0.05) is 35.3 Å². The molecule has 3 aromatic rings. The number of imidazole rings is 1. The third-order valence-corrected chi connectivity index (χ3v) is 5.41.